The van der Waals surface area contributed by atoms with E-state index in [1.165, 1.54) is 0 Å². The second-order valence-corrected chi connectivity index (χ2v) is 6.18. The van der Waals surface area contributed by atoms with Crippen LogP contribution in [-0.4, -0.2) is 42.2 Å². The number of carbonyl (C=O) groups excluding carboxylic acids is 1. The number of hydrogen-bond acceptors (Lipinski definition) is 3. The first kappa shape index (κ1) is 16.4. The van der Waals surface area contributed by atoms with Crippen molar-refractivity contribution in [2.24, 2.45) is 0 Å². The highest BCUT2D eigenvalue weighted by atomic mass is 35.5. The van der Waals surface area contributed by atoms with Gasteiger partial charge < -0.3 is 14.4 Å². The molecule has 0 unspecified atom stereocenters. The molecule has 1 fully saturated rings. The molecule has 1 amide bonds. The summed E-state index contributed by atoms with van der Waals surface area (Å²) >= 11 is 11.9. The van der Waals surface area contributed by atoms with Crippen molar-refractivity contribution in [3.63, 3.8) is 0 Å². The van der Waals surface area contributed by atoms with Crippen LogP contribution in [0.15, 0.2) is 18.2 Å². The molecular formula is C15H19Cl2NO3. The predicted molar refractivity (Wildman–Crippen MR) is 83.1 cm³/mol. The van der Waals surface area contributed by atoms with Crippen molar-refractivity contribution in [1.29, 1.82) is 0 Å². The number of rotatable bonds is 3. The van der Waals surface area contributed by atoms with E-state index >= 15 is 0 Å². The third-order valence-electron chi connectivity index (χ3n) is 3.28. The third kappa shape index (κ3) is 4.25. The molecule has 4 nitrogen and oxygen atoms in total. The van der Waals surface area contributed by atoms with Crippen molar-refractivity contribution in [2.75, 3.05) is 13.1 Å². The number of carbonyl (C=O) groups is 1. The van der Waals surface area contributed by atoms with Crippen molar-refractivity contribution < 1.29 is 14.3 Å². The number of hydrogen-bond donors (Lipinski definition) is 0. The van der Waals surface area contributed by atoms with Gasteiger partial charge in [-0.25, -0.2) is 0 Å². The van der Waals surface area contributed by atoms with E-state index in [0.29, 0.717) is 28.9 Å². The normalized spacial score (nSPS) is 23.8. The molecule has 1 aliphatic rings. The SMILES string of the molecule is C[C@H](Oc1ccc(Cl)cc1Cl)C(=O)N1C[C@H](C)O[C@@H](C)C1. The van der Waals surface area contributed by atoms with E-state index < -0.39 is 6.10 Å². The summed E-state index contributed by atoms with van der Waals surface area (Å²) in [5.74, 6) is 0.388. The molecule has 1 aliphatic heterocycles. The Bertz CT molecular complexity index is 514. The standard InChI is InChI=1S/C15H19Cl2NO3/c1-9-7-18(8-10(2)20-9)15(19)11(3)21-14-5-4-12(16)6-13(14)17/h4-6,9-11H,7-8H2,1-3H3/t9-,10-,11-/m0/s1. The van der Waals surface area contributed by atoms with Gasteiger partial charge in [-0.2, -0.15) is 0 Å². The molecule has 0 saturated carbocycles. The molecule has 6 heteroatoms. The number of benzene rings is 1. The van der Waals surface area contributed by atoms with Crippen LogP contribution >= 0.6 is 23.2 Å². The Morgan fingerprint density at radius 2 is 1.95 bits per heavy atom. The topological polar surface area (TPSA) is 38.8 Å². The zero-order valence-electron chi connectivity index (χ0n) is 12.3. The summed E-state index contributed by atoms with van der Waals surface area (Å²) < 4.78 is 11.3. The van der Waals surface area contributed by atoms with Crippen LogP contribution in [0.2, 0.25) is 10.0 Å². The third-order valence-corrected chi connectivity index (χ3v) is 3.81. The fraction of sp³-hybridized carbons (Fsp3) is 0.533. The fourth-order valence-electron chi connectivity index (χ4n) is 2.43. The Hall–Kier alpha value is -0.970. The van der Waals surface area contributed by atoms with Crippen molar-refractivity contribution in [3.05, 3.63) is 28.2 Å². The van der Waals surface area contributed by atoms with Crippen molar-refractivity contribution in [3.8, 4) is 5.75 Å². The molecule has 1 aromatic rings. The van der Waals surface area contributed by atoms with Crippen molar-refractivity contribution >= 4 is 29.1 Å². The first-order chi connectivity index (χ1) is 9.86. The summed E-state index contributed by atoms with van der Waals surface area (Å²) in [6.45, 7) is 6.78. The van der Waals surface area contributed by atoms with Crippen LogP contribution in [0, 0.1) is 0 Å². The lowest BCUT2D eigenvalue weighted by molar-refractivity contribution is -0.149. The Balaban J connectivity index is 2.02. The molecule has 1 saturated heterocycles. The quantitative estimate of drug-likeness (QED) is 0.852. The molecule has 2 rings (SSSR count). The van der Waals surface area contributed by atoms with E-state index in [0.717, 1.165) is 0 Å². The van der Waals surface area contributed by atoms with E-state index in [1.54, 1.807) is 30.0 Å². The second-order valence-electron chi connectivity index (χ2n) is 5.34. The summed E-state index contributed by atoms with van der Waals surface area (Å²) in [6, 6.07) is 4.94. The Morgan fingerprint density at radius 1 is 1.33 bits per heavy atom. The first-order valence-electron chi connectivity index (χ1n) is 6.92. The number of halogens is 2. The van der Waals surface area contributed by atoms with Gasteiger partial charge in [-0.15, -0.1) is 0 Å². The zero-order chi connectivity index (χ0) is 15.6. The van der Waals surface area contributed by atoms with Crippen molar-refractivity contribution in [1.82, 2.24) is 4.90 Å². The van der Waals surface area contributed by atoms with Gasteiger partial charge in [0, 0.05) is 18.1 Å². The van der Waals surface area contributed by atoms with Gasteiger partial charge >= 0.3 is 0 Å². The summed E-state index contributed by atoms with van der Waals surface area (Å²) in [5, 5.41) is 0.924. The van der Waals surface area contributed by atoms with Gasteiger partial charge in [0.25, 0.3) is 5.91 Å². The molecule has 1 heterocycles. The van der Waals surface area contributed by atoms with Crippen LogP contribution in [0.4, 0.5) is 0 Å². The highest BCUT2D eigenvalue weighted by molar-refractivity contribution is 6.35. The molecule has 116 valence electrons. The molecule has 0 aliphatic carbocycles. The molecule has 0 aromatic heterocycles. The van der Waals surface area contributed by atoms with Gasteiger partial charge in [0.2, 0.25) is 0 Å². The van der Waals surface area contributed by atoms with Gasteiger partial charge in [-0.1, -0.05) is 23.2 Å². The smallest absolute Gasteiger partial charge is 0.263 e. The minimum Gasteiger partial charge on any atom is -0.479 e. The van der Waals surface area contributed by atoms with Crippen molar-refractivity contribution in [2.45, 2.75) is 39.1 Å². The lowest BCUT2D eigenvalue weighted by Gasteiger charge is -2.36. The van der Waals surface area contributed by atoms with E-state index in [1.807, 2.05) is 13.8 Å². The fourth-order valence-corrected chi connectivity index (χ4v) is 2.88. The molecular weight excluding hydrogens is 313 g/mol. The molecule has 0 N–H and O–H groups in total. The molecule has 0 bridgehead atoms. The number of amides is 1. The Labute approximate surface area is 134 Å². The Morgan fingerprint density at radius 3 is 2.52 bits per heavy atom. The Kier molecular flexibility index (Phi) is 5.36. The maximum absolute atomic E-state index is 12.4. The second kappa shape index (κ2) is 6.86. The van der Waals surface area contributed by atoms with Gasteiger partial charge in [0.15, 0.2) is 6.10 Å². The maximum Gasteiger partial charge on any atom is 0.263 e. The lowest BCUT2D eigenvalue weighted by atomic mass is 10.2. The molecule has 21 heavy (non-hydrogen) atoms. The molecule has 3 atom stereocenters. The van der Waals surface area contributed by atoms with Gasteiger partial charge in [0.1, 0.15) is 5.75 Å². The zero-order valence-corrected chi connectivity index (χ0v) is 13.8. The van der Waals surface area contributed by atoms with E-state index in [2.05, 4.69) is 0 Å². The van der Waals surface area contributed by atoms with E-state index in [9.17, 15) is 4.79 Å². The summed E-state index contributed by atoms with van der Waals surface area (Å²) in [6.07, 6.45) is -0.547. The van der Waals surface area contributed by atoms with Crippen LogP contribution in [-0.2, 0) is 9.53 Å². The summed E-state index contributed by atoms with van der Waals surface area (Å²) in [4.78, 5) is 14.2. The highest BCUT2D eigenvalue weighted by Gasteiger charge is 2.29. The minimum atomic E-state index is -0.610. The van der Waals surface area contributed by atoms with Crippen LogP contribution in [0.1, 0.15) is 20.8 Å². The monoisotopic (exact) mass is 331 g/mol. The van der Waals surface area contributed by atoms with Gasteiger partial charge in [-0.05, 0) is 39.0 Å². The first-order valence-corrected chi connectivity index (χ1v) is 7.68. The van der Waals surface area contributed by atoms with Crippen LogP contribution in [0.25, 0.3) is 0 Å². The average molecular weight is 332 g/mol. The molecule has 0 radical (unpaired) electrons. The minimum absolute atomic E-state index is 0.0315. The van der Waals surface area contributed by atoms with Crippen LogP contribution < -0.4 is 4.74 Å². The van der Waals surface area contributed by atoms with E-state index in [-0.39, 0.29) is 18.1 Å². The average Bonchev–Trinajstić information content (AvgIpc) is 2.40. The van der Waals surface area contributed by atoms with Crippen LogP contribution in [0.5, 0.6) is 5.75 Å². The summed E-state index contributed by atoms with van der Waals surface area (Å²) in [5.41, 5.74) is 0. The van der Waals surface area contributed by atoms with Gasteiger partial charge in [-0.3, -0.25) is 4.79 Å². The summed E-state index contributed by atoms with van der Waals surface area (Å²) in [7, 11) is 0. The van der Waals surface area contributed by atoms with E-state index in [4.69, 9.17) is 32.7 Å². The van der Waals surface area contributed by atoms with Gasteiger partial charge in [0.05, 0.1) is 17.2 Å². The molecule has 0 spiro atoms. The lowest BCUT2D eigenvalue weighted by Crippen LogP contribution is -2.51. The predicted octanol–water partition coefficient (Wildman–Crippen LogP) is 3.40. The number of morpholine rings is 1. The maximum atomic E-state index is 12.4. The largest absolute Gasteiger partial charge is 0.479 e. The molecule has 1 aromatic carbocycles. The number of ether oxygens (including phenoxy) is 2. The number of nitrogens with zero attached hydrogens (tertiary/aromatic N) is 1. The highest BCUT2D eigenvalue weighted by Crippen LogP contribution is 2.28. The van der Waals surface area contributed by atoms with Crippen LogP contribution in [0.3, 0.4) is 0 Å².